The molecule has 74 heavy (non-hydrogen) atoms. The molecule has 424 valence electrons. The van der Waals surface area contributed by atoms with E-state index >= 15 is 0 Å². The van der Waals surface area contributed by atoms with Gasteiger partial charge in [-0.3, -0.25) is 49.0 Å². The first-order valence-electron chi connectivity index (χ1n) is 26.7. The molecule has 1 aromatic rings. The van der Waals surface area contributed by atoms with Crippen molar-refractivity contribution in [2.75, 3.05) is 20.2 Å². The van der Waals surface area contributed by atoms with Crippen LogP contribution in [0.3, 0.4) is 0 Å². The van der Waals surface area contributed by atoms with Crippen molar-refractivity contribution in [1.82, 2.24) is 52.5 Å². The summed E-state index contributed by atoms with van der Waals surface area (Å²) in [5.41, 5.74) is 5.79. The number of carbonyl (C=O) groups is 8. The second-order valence-corrected chi connectivity index (χ2v) is 19.0. The molecule has 0 aromatic carbocycles. The number of likely N-dealkylation sites (N-methyl/N-ethyl adjacent to an activating group) is 1. The van der Waals surface area contributed by atoms with Crippen molar-refractivity contribution in [3.05, 3.63) is 18.2 Å². The minimum absolute atomic E-state index is 0.0347. The normalized spacial score (nSPS) is 15.0. The van der Waals surface area contributed by atoms with Crippen LogP contribution < -0.4 is 48.3 Å². The summed E-state index contributed by atoms with van der Waals surface area (Å²) in [6.07, 6.45) is 14.2. The summed E-state index contributed by atoms with van der Waals surface area (Å²) in [6.45, 7) is 4.49. The van der Waals surface area contributed by atoms with E-state index in [2.05, 4.69) is 59.4 Å². The van der Waals surface area contributed by atoms with Gasteiger partial charge in [-0.2, -0.15) is 0 Å². The van der Waals surface area contributed by atoms with Crippen LogP contribution in [0.25, 0.3) is 0 Å². The number of carbonyl (C=O) groups excluding carboxylic acids is 7. The van der Waals surface area contributed by atoms with Crippen LogP contribution in [0.4, 0.5) is 0 Å². The molecule has 24 heteroatoms. The van der Waals surface area contributed by atoms with Crippen molar-refractivity contribution in [1.29, 1.82) is 0 Å². The first-order chi connectivity index (χ1) is 35.4. The predicted molar refractivity (Wildman–Crippen MR) is 276 cm³/mol. The summed E-state index contributed by atoms with van der Waals surface area (Å²) in [4.78, 5) is 109. The Balaban J connectivity index is 2.88. The lowest BCUT2D eigenvalue weighted by Crippen LogP contribution is -2.62. The number of hydrogen-bond donors (Lipinski definition) is 15. The number of unbranched alkanes of at least 4 members (excludes halogenated alkanes) is 13. The molecule has 0 fully saturated rings. The summed E-state index contributed by atoms with van der Waals surface area (Å²) in [5, 5.41) is 72.5. The van der Waals surface area contributed by atoms with Crippen LogP contribution in [0.1, 0.15) is 174 Å². The number of aromatic amines is 1. The SMILES string of the molecule is CCCCCCCCCCCCCCC[C@H](O)N[C@@H](CCC(=O)O)C(=O)NCCCC(=O)N[C@H](C(=O)N[C@@H](CCC(N)=O)C(=O)N[C@@H](Cc1cnc[nH]1)[C@H](O)N[C@@H](CO)C(=O)N[C@@H](CCCC)C(=O)NC)[C@H](C)O. The van der Waals surface area contributed by atoms with E-state index in [0.717, 1.165) is 32.1 Å². The third-order valence-corrected chi connectivity index (χ3v) is 12.5. The first kappa shape index (κ1) is 66.7. The van der Waals surface area contributed by atoms with E-state index in [0.29, 0.717) is 25.0 Å². The lowest BCUT2D eigenvalue weighted by atomic mass is 10.0. The average molecular weight is 1050 g/mol. The number of amides is 7. The van der Waals surface area contributed by atoms with Crippen LogP contribution >= 0.6 is 0 Å². The Morgan fingerprint density at radius 2 is 1.19 bits per heavy atom. The van der Waals surface area contributed by atoms with Crippen molar-refractivity contribution in [3.8, 4) is 0 Å². The fourth-order valence-electron chi connectivity index (χ4n) is 8.10. The molecule has 1 aromatic heterocycles. The molecular formula is C50H91N11O13. The molecule has 0 radical (unpaired) electrons. The van der Waals surface area contributed by atoms with Gasteiger partial charge in [0.15, 0.2) is 0 Å². The number of imidazole rings is 1. The Morgan fingerprint density at radius 1 is 0.622 bits per heavy atom. The number of carboxylic acids is 1. The van der Waals surface area contributed by atoms with Crippen LogP contribution in [0.5, 0.6) is 0 Å². The van der Waals surface area contributed by atoms with Crippen LogP contribution in [-0.2, 0) is 44.8 Å². The molecule has 0 aliphatic carbocycles. The van der Waals surface area contributed by atoms with Crippen molar-refractivity contribution < 1.29 is 63.9 Å². The van der Waals surface area contributed by atoms with Gasteiger partial charge in [0, 0.05) is 51.2 Å². The second-order valence-electron chi connectivity index (χ2n) is 19.0. The number of carboxylic acid groups (broad SMARTS) is 1. The van der Waals surface area contributed by atoms with Gasteiger partial charge in [0.05, 0.1) is 31.1 Å². The molecule has 1 heterocycles. The van der Waals surface area contributed by atoms with E-state index in [9.17, 15) is 63.9 Å². The molecule has 0 aliphatic rings. The van der Waals surface area contributed by atoms with Crippen LogP contribution in [0.15, 0.2) is 12.5 Å². The molecule has 0 saturated carbocycles. The summed E-state index contributed by atoms with van der Waals surface area (Å²) in [5.74, 6) is -6.46. The lowest BCUT2D eigenvalue weighted by Gasteiger charge is -2.30. The number of nitrogens with two attached hydrogens (primary N) is 1. The molecular weight excluding hydrogens is 963 g/mol. The van der Waals surface area contributed by atoms with Crippen molar-refractivity contribution in [2.45, 2.75) is 230 Å². The van der Waals surface area contributed by atoms with Gasteiger partial charge in [-0.15, -0.1) is 0 Å². The highest BCUT2D eigenvalue weighted by atomic mass is 16.4. The van der Waals surface area contributed by atoms with Gasteiger partial charge in [0.1, 0.15) is 36.6 Å². The van der Waals surface area contributed by atoms with Crippen LogP contribution in [0.2, 0.25) is 0 Å². The van der Waals surface area contributed by atoms with Gasteiger partial charge >= 0.3 is 5.97 Å². The highest BCUT2D eigenvalue weighted by Gasteiger charge is 2.34. The Hall–Kier alpha value is -5.27. The van der Waals surface area contributed by atoms with Gasteiger partial charge in [0.2, 0.25) is 41.4 Å². The van der Waals surface area contributed by atoms with Crippen molar-refractivity contribution in [3.63, 3.8) is 0 Å². The quantitative estimate of drug-likeness (QED) is 0.0308. The summed E-state index contributed by atoms with van der Waals surface area (Å²) >= 11 is 0. The molecule has 7 amide bonds. The summed E-state index contributed by atoms with van der Waals surface area (Å²) in [6, 6.07) is -7.84. The number of hydrogen-bond acceptors (Lipinski definition) is 15. The number of rotatable bonds is 45. The van der Waals surface area contributed by atoms with Crippen molar-refractivity contribution >= 4 is 47.3 Å². The maximum Gasteiger partial charge on any atom is 0.303 e. The zero-order valence-corrected chi connectivity index (χ0v) is 44.3. The monoisotopic (exact) mass is 1050 g/mol. The smallest absolute Gasteiger partial charge is 0.303 e. The summed E-state index contributed by atoms with van der Waals surface area (Å²) in [7, 11) is 1.41. The molecule has 1 rings (SSSR count). The maximum atomic E-state index is 13.9. The molecule has 0 unspecified atom stereocenters. The van der Waals surface area contributed by atoms with E-state index in [4.69, 9.17) is 5.73 Å². The third kappa shape index (κ3) is 30.2. The number of nitrogens with one attached hydrogen (secondary N) is 9. The van der Waals surface area contributed by atoms with E-state index in [1.54, 1.807) is 0 Å². The standard InChI is InChI=1S/C50H91N11O13/c1-5-7-9-10-11-12-13-14-15-16-17-18-19-22-41(65)56-36(25-27-43(67)68)46(70)54-28-20-23-42(66)61-44(33(3)63)50(74)58-37(24-26-40(51)64)47(71)59-38(29-34-30-53-32-55-34)48(72)60-39(31-62)49(73)57-35(21-8-6-2)45(69)52-4/h30,32-33,35-39,41,44,48,56,60,62-63,65,72H,5-29,31H2,1-4H3,(H2,51,64)(H,52,69)(H,53,55)(H,54,70)(H,57,73)(H,58,74)(H,59,71)(H,61,66)(H,67,68)/t33-,35-,36-,37-,38-,39-,41-,44-,48-/m0/s1. The molecule has 16 N–H and O–H groups in total. The number of aliphatic hydroxyl groups excluding tert-OH is 4. The Bertz CT molecular complexity index is 1770. The topological polar surface area (TPSA) is 389 Å². The lowest BCUT2D eigenvalue weighted by molar-refractivity contribution is -0.137. The Kier molecular flexibility index (Phi) is 36.2. The molecule has 0 aliphatic heterocycles. The second kappa shape index (κ2) is 40.1. The zero-order valence-electron chi connectivity index (χ0n) is 44.3. The predicted octanol–water partition coefficient (Wildman–Crippen LogP) is 0.262. The molecule has 0 saturated heterocycles. The summed E-state index contributed by atoms with van der Waals surface area (Å²) < 4.78 is 0. The van der Waals surface area contributed by atoms with Gasteiger partial charge < -0.3 is 68.2 Å². The van der Waals surface area contributed by atoms with E-state index in [1.807, 2.05) is 6.92 Å². The molecule has 24 nitrogen and oxygen atoms in total. The van der Waals surface area contributed by atoms with E-state index < -0.39 is 115 Å². The number of aromatic nitrogens is 2. The molecule has 0 bridgehead atoms. The number of aliphatic carboxylic acids is 1. The average Bonchev–Trinajstić information content (AvgIpc) is 3.88. The van der Waals surface area contributed by atoms with Crippen LogP contribution in [0, 0.1) is 0 Å². The van der Waals surface area contributed by atoms with E-state index in [-0.39, 0.29) is 45.1 Å². The number of aliphatic hydroxyl groups is 4. The number of nitrogens with zero attached hydrogens (tertiary/aromatic N) is 1. The first-order valence-corrected chi connectivity index (χ1v) is 26.7. The number of primary amides is 1. The van der Waals surface area contributed by atoms with Crippen molar-refractivity contribution in [2.24, 2.45) is 5.73 Å². The fraction of sp³-hybridized carbons (Fsp3) is 0.780. The van der Waals surface area contributed by atoms with Gasteiger partial charge in [-0.1, -0.05) is 104 Å². The maximum absolute atomic E-state index is 13.9. The third-order valence-electron chi connectivity index (χ3n) is 12.5. The minimum Gasteiger partial charge on any atom is -0.481 e. The largest absolute Gasteiger partial charge is 0.481 e. The van der Waals surface area contributed by atoms with Crippen LogP contribution in [-0.4, -0.2) is 158 Å². The zero-order chi connectivity index (χ0) is 55.3. The molecule has 9 atom stereocenters. The fourth-order valence-corrected chi connectivity index (χ4v) is 8.10. The highest BCUT2D eigenvalue weighted by Crippen LogP contribution is 2.14. The Labute approximate surface area is 436 Å². The molecule has 0 spiro atoms. The number of H-pyrrole nitrogens is 1. The highest BCUT2D eigenvalue weighted by molar-refractivity contribution is 5.93. The Morgan fingerprint density at radius 3 is 1.73 bits per heavy atom. The van der Waals surface area contributed by atoms with E-state index in [1.165, 1.54) is 84.3 Å². The van der Waals surface area contributed by atoms with Gasteiger partial charge in [-0.25, -0.2) is 4.98 Å². The van der Waals surface area contributed by atoms with Gasteiger partial charge in [0.25, 0.3) is 0 Å². The minimum atomic E-state index is -1.75. The van der Waals surface area contributed by atoms with Gasteiger partial charge in [-0.05, 0) is 45.4 Å².